The number of carbonyl (C=O) groups is 1. The van der Waals surface area contributed by atoms with Gasteiger partial charge in [-0.25, -0.2) is 4.79 Å². The molecule has 0 fully saturated rings. The van der Waals surface area contributed by atoms with Crippen molar-refractivity contribution in [3.63, 3.8) is 0 Å². The van der Waals surface area contributed by atoms with Gasteiger partial charge in [0, 0.05) is 0 Å². The molecule has 32 heavy (non-hydrogen) atoms. The smallest absolute Gasteiger partial charge is 0.458 e. The highest BCUT2D eigenvalue weighted by Crippen LogP contribution is 2.62. The summed E-state index contributed by atoms with van der Waals surface area (Å²) in [6.07, 6.45) is -14.3. The summed E-state index contributed by atoms with van der Waals surface area (Å²) < 4.78 is 199. The Labute approximate surface area is 168 Å². The van der Waals surface area contributed by atoms with Gasteiger partial charge in [-0.1, -0.05) is 0 Å². The van der Waals surface area contributed by atoms with Crippen molar-refractivity contribution in [1.82, 2.24) is 0 Å². The minimum Gasteiger partial charge on any atom is -0.458 e. The van der Waals surface area contributed by atoms with E-state index in [-0.39, 0.29) is 0 Å². The molecule has 0 amide bonds. The zero-order valence-corrected chi connectivity index (χ0v) is 15.7. The normalized spacial score (nSPS) is 16.7. The predicted octanol–water partition coefficient (Wildman–Crippen LogP) is 5.45. The Morgan fingerprint density at radius 2 is 0.969 bits per heavy atom. The van der Waals surface area contributed by atoms with E-state index in [0.717, 1.165) is 20.8 Å². The van der Waals surface area contributed by atoms with Crippen LogP contribution in [0.4, 0.5) is 65.9 Å². The highest BCUT2D eigenvalue weighted by molar-refractivity contribution is 5.74. The number of carbonyl (C=O) groups excluding carboxylic acids is 1. The molecule has 0 aromatic heterocycles. The molecular formula is C14H13F15O3. The van der Waals surface area contributed by atoms with Crippen LogP contribution in [0.5, 0.6) is 0 Å². The maximum absolute atomic E-state index is 13.6. The van der Waals surface area contributed by atoms with E-state index in [4.69, 9.17) is 5.11 Å². The molecule has 0 spiro atoms. The van der Waals surface area contributed by atoms with Gasteiger partial charge in [0.2, 0.25) is 0 Å². The van der Waals surface area contributed by atoms with E-state index in [2.05, 4.69) is 4.74 Å². The first-order valence-corrected chi connectivity index (χ1v) is 7.76. The lowest BCUT2D eigenvalue weighted by molar-refractivity contribution is -0.453. The van der Waals surface area contributed by atoms with E-state index >= 15 is 0 Å². The molecule has 1 unspecified atom stereocenters. The zero-order chi connectivity index (χ0) is 26.6. The van der Waals surface area contributed by atoms with E-state index in [1.165, 1.54) is 0 Å². The lowest BCUT2D eigenvalue weighted by Gasteiger charge is -2.41. The molecule has 192 valence electrons. The van der Waals surface area contributed by atoms with Crippen molar-refractivity contribution in [1.29, 1.82) is 0 Å². The molecule has 1 atom stereocenters. The molecule has 0 aromatic carbocycles. The number of rotatable bonds is 8. The third-order valence-corrected chi connectivity index (χ3v) is 3.52. The van der Waals surface area contributed by atoms with Crippen LogP contribution in [0.3, 0.4) is 0 Å². The minimum atomic E-state index is -8.43. The van der Waals surface area contributed by atoms with Crippen molar-refractivity contribution in [2.45, 2.75) is 80.6 Å². The highest BCUT2D eigenvalue weighted by Gasteiger charge is 2.93. The van der Waals surface area contributed by atoms with Crippen LogP contribution in [0.2, 0.25) is 0 Å². The fourth-order valence-corrected chi connectivity index (χ4v) is 1.82. The fraction of sp³-hybridized carbons (Fsp3) is 0.929. The standard InChI is InChI=1S/C14H13F15O3/c1-7(2,3)32-6(31)5(30)4-8(15,16)9(17,18)10(19,20)11(21,22)12(23,24)13(25,26)14(27,28)29/h5,30H,4H2,1-3H3. The van der Waals surface area contributed by atoms with Gasteiger partial charge >= 0.3 is 47.7 Å². The summed E-state index contributed by atoms with van der Waals surface area (Å²) in [4.78, 5) is 11.3. The van der Waals surface area contributed by atoms with E-state index in [0.29, 0.717) is 0 Å². The summed E-state index contributed by atoms with van der Waals surface area (Å²) in [6.45, 7) is 3.09. The highest BCUT2D eigenvalue weighted by atomic mass is 19.4. The van der Waals surface area contributed by atoms with Gasteiger partial charge in [-0.05, 0) is 20.8 Å². The molecule has 3 nitrogen and oxygen atoms in total. The average molecular weight is 514 g/mol. The molecule has 0 rings (SSSR count). The van der Waals surface area contributed by atoms with Crippen molar-refractivity contribution < 1.29 is 80.5 Å². The molecule has 0 heterocycles. The van der Waals surface area contributed by atoms with E-state index < -0.39 is 65.8 Å². The van der Waals surface area contributed by atoms with Crippen LogP contribution < -0.4 is 0 Å². The number of ether oxygens (including phenoxy) is 1. The SMILES string of the molecule is CC(C)(C)OC(=O)C(O)CC(F)(F)C(F)(F)C(F)(F)C(F)(F)C(F)(F)C(F)(F)C(F)(F)F. The Morgan fingerprint density at radius 1 is 0.656 bits per heavy atom. The maximum Gasteiger partial charge on any atom is 0.460 e. The van der Waals surface area contributed by atoms with Gasteiger partial charge in [-0.3, -0.25) is 0 Å². The molecule has 0 aromatic rings. The van der Waals surface area contributed by atoms with Gasteiger partial charge in [0.05, 0.1) is 6.42 Å². The van der Waals surface area contributed by atoms with Crippen LogP contribution >= 0.6 is 0 Å². The van der Waals surface area contributed by atoms with E-state index in [1.807, 2.05) is 0 Å². The first kappa shape index (κ1) is 30.4. The van der Waals surface area contributed by atoms with E-state index in [1.54, 1.807) is 0 Å². The average Bonchev–Trinajstić information content (AvgIpc) is 2.50. The Kier molecular flexibility index (Phi) is 7.60. The van der Waals surface area contributed by atoms with Gasteiger partial charge in [-0.2, -0.15) is 65.9 Å². The van der Waals surface area contributed by atoms with Crippen LogP contribution in [0.15, 0.2) is 0 Å². The summed E-state index contributed by atoms with van der Waals surface area (Å²) >= 11 is 0. The van der Waals surface area contributed by atoms with Gasteiger partial charge in [-0.15, -0.1) is 0 Å². The number of halogens is 15. The number of hydrogen-bond donors (Lipinski definition) is 1. The van der Waals surface area contributed by atoms with Gasteiger partial charge < -0.3 is 9.84 Å². The monoisotopic (exact) mass is 514 g/mol. The lowest BCUT2D eigenvalue weighted by atomic mass is 9.89. The molecule has 0 aliphatic carbocycles. The number of aliphatic hydroxyl groups excluding tert-OH is 1. The number of esters is 1. The Morgan fingerprint density at radius 3 is 1.28 bits per heavy atom. The molecule has 0 aliphatic rings. The first-order valence-electron chi connectivity index (χ1n) is 7.76. The van der Waals surface area contributed by atoms with Gasteiger partial charge in [0.25, 0.3) is 0 Å². The van der Waals surface area contributed by atoms with Crippen molar-refractivity contribution in [2.75, 3.05) is 0 Å². The van der Waals surface area contributed by atoms with Crippen LogP contribution in [-0.2, 0) is 9.53 Å². The van der Waals surface area contributed by atoms with Gasteiger partial charge in [0.15, 0.2) is 6.10 Å². The summed E-state index contributed by atoms with van der Waals surface area (Å²) in [5.74, 6) is -49.9. The molecule has 0 aliphatic heterocycles. The summed E-state index contributed by atoms with van der Waals surface area (Å²) in [6, 6.07) is 0. The van der Waals surface area contributed by atoms with Gasteiger partial charge in [0.1, 0.15) is 5.60 Å². The zero-order valence-electron chi connectivity index (χ0n) is 15.7. The summed E-state index contributed by atoms with van der Waals surface area (Å²) in [5.41, 5.74) is -1.60. The van der Waals surface area contributed by atoms with Crippen molar-refractivity contribution in [2.24, 2.45) is 0 Å². The number of aliphatic hydroxyl groups is 1. The first-order chi connectivity index (χ1) is 13.5. The van der Waals surface area contributed by atoms with Crippen LogP contribution in [0.25, 0.3) is 0 Å². The number of alkyl halides is 15. The Bertz CT molecular complexity index is 690. The van der Waals surface area contributed by atoms with Crippen LogP contribution in [0, 0.1) is 0 Å². The Hall–Kier alpha value is -1.62. The van der Waals surface area contributed by atoms with E-state index in [9.17, 15) is 70.7 Å². The molecule has 0 saturated carbocycles. The molecule has 0 saturated heterocycles. The molecule has 0 bridgehead atoms. The Balaban J connectivity index is 6.29. The van der Waals surface area contributed by atoms with Crippen LogP contribution in [-0.4, -0.2) is 64.5 Å². The summed E-state index contributed by atoms with van der Waals surface area (Å²) in [7, 11) is 0. The molecule has 1 N–H and O–H groups in total. The largest absolute Gasteiger partial charge is 0.460 e. The van der Waals surface area contributed by atoms with Crippen molar-refractivity contribution >= 4 is 5.97 Å². The third kappa shape index (κ3) is 4.83. The fourth-order valence-electron chi connectivity index (χ4n) is 1.82. The maximum atomic E-state index is 13.6. The second kappa shape index (κ2) is 8.00. The number of hydrogen-bond acceptors (Lipinski definition) is 3. The molecular weight excluding hydrogens is 501 g/mol. The topological polar surface area (TPSA) is 46.5 Å². The predicted molar refractivity (Wildman–Crippen MR) is 72.2 cm³/mol. The molecule has 0 radical (unpaired) electrons. The molecule has 18 heteroatoms. The van der Waals surface area contributed by atoms with Crippen molar-refractivity contribution in [3.05, 3.63) is 0 Å². The quantitative estimate of drug-likeness (QED) is 0.346. The summed E-state index contributed by atoms with van der Waals surface area (Å²) in [5, 5.41) is 9.11. The minimum absolute atomic E-state index is 1.03. The lowest BCUT2D eigenvalue weighted by Crippen LogP contribution is -2.72. The second-order valence-corrected chi connectivity index (χ2v) is 7.33. The third-order valence-electron chi connectivity index (χ3n) is 3.52. The van der Waals surface area contributed by atoms with Crippen LogP contribution in [0.1, 0.15) is 27.2 Å². The van der Waals surface area contributed by atoms with Crippen molar-refractivity contribution in [3.8, 4) is 0 Å². The second-order valence-electron chi connectivity index (χ2n) is 7.33.